The molecule has 0 aliphatic carbocycles. The van der Waals surface area contributed by atoms with E-state index in [2.05, 4.69) is 40.1 Å². The van der Waals surface area contributed by atoms with Gasteiger partial charge in [-0.25, -0.2) is 10.1 Å². The van der Waals surface area contributed by atoms with Crippen LogP contribution in [-0.2, 0) is 46.1 Å². The maximum absolute atomic E-state index is 12.2. The first-order valence-electron chi connectivity index (χ1n) is 17.2. The van der Waals surface area contributed by atoms with Crippen LogP contribution in [0.25, 0.3) is 21.5 Å². The number of hydrogen-bond donors (Lipinski definition) is 6. The fraction of sp³-hybridized carbons (Fsp3) is 0.108. The van der Waals surface area contributed by atoms with Gasteiger partial charge in [0.2, 0.25) is 0 Å². The number of hydrogen-bond acceptors (Lipinski definition) is 19. The van der Waals surface area contributed by atoms with E-state index in [-0.39, 0.29) is 91.0 Å². The number of carbonyl (C=O) groups is 1. The van der Waals surface area contributed by atoms with Crippen LogP contribution in [0, 0.1) is 0 Å². The summed E-state index contributed by atoms with van der Waals surface area (Å²) in [7, 11) is -9.58. The number of fused-ring (bicyclic) bond motifs is 2. The second-order valence-electron chi connectivity index (χ2n) is 12.2. The first-order valence-corrected chi connectivity index (χ1v) is 20.9. The maximum atomic E-state index is 12.2. The molecule has 0 aromatic heterocycles. The van der Waals surface area contributed by atoms with Crippen molar-refractivity contribution in [2.24, 2.45) is 30.7 Å². The first-order chi connectivity index (χ1) is 29.0. The van der Waals surface area contributed by atoms with Crippen molar-refractivity contribution in [3.8, 4) is 23.0 Å². The van der Waals surface area contributed by atoms with Gasteiger partial charge in [0, 0.05) is 55.7 Å². The van der Waals surface area contributed by atoms with Crippen LogP contribution in [0.5, 0.6) is 23.0 Å². The van der Waals surface area contributed by atoms with Gasteiger partial charge in [-0.3, -0.25) is 9.11 Å². The Labute approximate surface area is 364 Å². The van der Waals surface area contributed by atoms with Crippen molar-refractivity contribution in [1.29, 1.82) is 0 Å². The van der Waals surface area contributed by atoms with E-state index < -0.39 is 53.1 Å². The Morgan fingerprint density at radius 1 is 0.661 bits per heavy atom. The molecule has 0 saturated carbocycles. The summed E-state index contributed by atoms with van der Waals surface area (Å²) < 4.78 is 84.1. The van der Waals surface area contributed by atoms with Gasteiger partial charge in [-0.2, -0.15) is 16.8 Å². The number of carboxylic acid groups (broad SMARTS) is 1. The summed E-state index contributed by atoms with van der Waals surface area (Å²) in [6.07, 6.45) is 0. The molecule has 6 N–H and O–H groups in total. The SMILES string of the molecule is CCOc1cc(N=Nc2cc(O)c(N=Nc3c(O)c(C(=O)O)cc4ccccc34)c3cc(S(=O)(=O)O)ccc23)c(OCC)cc1N=Nc1cc(SOOO)ccc1S(=O)(=O)O.[Ni]. The number of ether oxygens (including phenoxy) is 2. The molecule has 0 amide bonds. The van der Waals surface area contributed by atoms with Crippen LogP contribution in [0.1, 0.15) is 24.2 Å². The second-order valence-corrected chi connectivity index (χ2v) is 15.8. The van der Waals surface area contributed by atoms with Crippen LogP contribution < -0.4 is 9.47 Å². The molecule has 0 aliphatic heterocycles. The fourth-order valence-corrected chi connectivity index (χ4v) is 7.24. The maximum Gasteiger partial charge on any atom is 0.339 e. The van der Waals surface area contributed by atoms with E-state index >= 15 is 0 Å². The number of aromatic carboxylic acids is 1. The summed E-state index contributed by atoms with van der Waals surface area (Å²) in [5, 5.41) is 69.6. The van der Waals surface area contributed by atoms with Crippen molar-refractivity contribution in [2.75, 3.05) is 13.2 Å². The van der Waals surface area contributed by atoms with Crippen LogP contribution in [-0.4, -0.2) is 65.7 Å². The average Bonchev–Trinajstić information content (AvgIpc) is 3.21. The number of azo groups is 3. The molecular formula is C37H30N6NiO15S3. The van der Waals surface area contributed by atoms with E-state index in [0.29, 0.717) is 22.8 Å². The number of phenols is 2. The second kappa shape index (κ2) is 19.7. The topological polar surface area (TPSA) is 318 Å². The van der Waals surface area contributed by atoms with Crippen molar-refractivity contribution >= 4 is 93.9 Å². The molecule has 6 aromatic rings. The summed E-state index contributed by atoms with van der Waals surface area (Å²) in [5.41, 5.74) is -1.39. The Bertz CT molecular complexity index is 3030. The molecule has 0 spiro atoms. The summed E-state index contributed by atoms with van der Waals surface area (Å²) in [6, 6.07) is 18.3. The van der Waals surface area contributed by atoms with Crippen LogP contribution in [0.4, 0.5) is 34.1 Å². The molecular weight excluding hydrogens is 923 g/mol. The van der Waals surface area contributed by atoms with Crippen molar-refractivity contribution in [2.45, 2.75) is 28.5 Å². The molecule has 21 nitrogen and oxygen atoms in total. The van der Waals surface area contributed by atoms with E-state index in [1.165, 1.54) is 36.4 Å². The van der Waals surface area contributed by atoms with Crippen molar-refractivity contribution in [3.63, 3.8) is 0 Å². The van der Waals surface area contributed by atoms with Crippen LogP contribution in [0.15, 0.2) is 130 Å². The third kappa shape index (κ3) is 10.5. The molecule has 0 aliphatic rings. The number of benzene rings is 6. The van der Waals surface area contributed by atoms with Gasteiger partial charge in [-0.1, -0.05) is 35.4 Å². The van der Waals surface area contributed by atoms with Gasteiger partial charge in [0.15, 0.2) is 5.75 Å². The Kier molecular flexibility index (Phi) is 14.9. The van der Waals surface area contributed by atoms with E-state index in [4.69, 9.17) is 14.7 Å². The van der Waals surface area contributed by atoms with Crippen LogP contribution in [0.3, 0.4) is 0 Å². The Morgan fingerprint density at radius 3 is 1.87 bits per heavy atom. The van der Waals surface area contributed by atoms with Gasteiger partial charge in [-0.05, 0) is 55.6 Å². The predicted molar refractivity (Wildman–Crippen MR) is 216 cm³/mol. The molecule has 0 unspecified atom stereocenters. The predicted octanol–water partition coefficient (Wildman–Crippen LogP) is 10.1. The summed E-state index contributed by atoms with van der Waals surface area (Å²) in [4.78, 5) is 10.9. The average molecular weight is 954 g/mol. The molecule has 25 heteroatoms. The molecule has 6 rings (SSSR count). The molecule has 326 valence electrons. The minimum absolute atomic E-state index is 0. The molecule has 0 radical (unpaired) electrons. The Balaban J connectivity index is 0.00000726. The van der Waals surface area contributed by atoms with Gasteiger partial charge >= 0.3 is 5.97 Å². The zero-order valence-electron chi connectivity index (χ0n) is 31.6. The van der Waals surface area contributed by atoms with Gasteiger partial charge < -0.3 is 24.8 Å². The first kappa shape index (κ1) is 46.9. The zero-order valence-corrected chi connectivity index (χ0v) is 35.0. The Hall–Kier alpha value is -6.15. The fourth-order valence-electron chi connectivity index (χ4n) is 5.74. The van der Waals surface area contributed by atoms with E-state index in [9.17, 15) is 46.1 Å². The number of phenolic OH excluding ortho intramolecular Hbond substituents is 1. The molecule has 0 atom stereocenters. The van der Waals surface area contributed by atoms with E-state index in [1.807, 2.05) is 0 Å². The van der Waals surface area contributed by atoms with Gasteiger partial charge in [-0.15, -0.1) is 35.0 Å². The number of rotatable bonds is 16. The van der Waals surface area contributed by atoms with E-state index in [1.54, 1.807) is 38.1 Å². The largest absolute Gasteiger partial charge is 0.506 e. The minimum Gasteiger partial charge on any atom is -0.506 e. The Morgan fingerprint density at radius 2 is 1.27 bits per heavy atom. The smallest absolute Gasteiger partial charge is 0.339 e. The van der Waals surface area contributed by atoms with Gasteiger partial charge in [0.05, 0.1) is 35.8 Å². The molecule has 0 heterocycles. The molecule has 6 aromatic carbocycles. The normalized spacial score (nSPS) is 12.1. The van der Waals surface area contributed by atoms with E-state index in [0.717, 1.165) is 24.3 Å². The van der Waals surface area contributed by atoms with Gasteiger partial charge in [0.1, 0.15) is 56.1 Å². The van der Waals surface area contributed by atoms with Crippen molar-refractivity contribution in [1.82, 2.24) is 0 Å². The molecule has 0 fully saturated rings. The zero-order chi connectivity index (χ0) is 44.1. The molecule has 0 bridgehead atoms. The number of aromatic hydroxyl groups is 2. The van der Waals surface area contributed by atoms with Gasteiger partial charge in [0.25, 0.3) is 20.2 Å². The monoisotopic (exact) mass is 952 g/mol. The standard InChI is InChI=1S/C37H30N6O15S3.Ni/c1-3-55-31-18-28(40-41-29-14-20(59-58-57-48)9-12-33(29)61(52,53)54)32(56-4-2)17-27(31)39-38-26-16-30(44)34(24-15-21(60(49,50)51)10-11-23(24)26)42-43-35-22-8-6-5-7-19(22)13-25(36(35)45)37(46)47;/h5-18,44-45,48H,3-4H2,1-2H3,(H,46,47)(H,49,50,51)(H,52,53,54);. The van der Waals surface area contributed by atoms with Crippen LogP contribution in [0.2, 0.25) is 0 Å². The number of carboxylic acids is 1. The van der Waals surface area contributed by atoms with Crippen molar-refractivity contribution < 1.29 is 86.6 Å². The van der Waals surface area contributed by atoms with Crippen molar-refractivity contribution in [3.05, 3.63) is 90.5 Å². The molecule has 62 heavy (non-hydrogen) atoms. The number of nitrogens with zero attached hydrogens (tertiary/aromatic N) is 6. The third-order valence-electron chi connectivity index (χ3n) is 8.35. The third-order valence-corrected chi connectivity index (χ3v) is 10.7. The quantitative estimate of drug-likeness (QED) is 0.0131. The summed E-state index contributed by atoms with van der Waals surface area (Å²) >= 11 is 0.500. The molecule has 0 saturated heterocycles. The minimum atomic E-state index is -4.80. The van der Waals surface area contributed by atoms with Crippen LogP contribution >= 0.6 is 12.0 Å². The summed E-state index contributed by atoms with van der Waals surface area (Å²) in [6.45, 7) is 3.55. The summed E-state index contributed by atoms with van der Waals surface area (Å²) in [5.74, 6) is -2.65.